The first-order valence-electron chi connectivity index (χ1n) is 9.29. The molecule has 3 aromatic carbocycles. The third-order valence-electron chi connectivity index (χ3n) is 4.57. The summed E-state index contributed by atoms with van der Waals surface area (Å²) >= 11 is 5.13. The molecule has 7 heteroatoms. The molecule has 0 aliphatic rings. The van der Waals surface area contributed by atoms with Crippen LogP contribution in [-0.4, -0.2) is 29.0 Å². The smallest absolute Gasteiger partial charge is 0.196 e. The molecule has 1 aromatic heterocycles. The van der Waals surface area contributed by atoms with E-state index >= 15 is 0 Å². The Morgan fingerprint density at radius 1 is 0.867 bits per heavy atom. The van der Waals surface area contributed by atoms with Crippen LogP contribution in [0.5, 0.6) is 11.5 Å². The number of methoxy groups -OCH3 is 2. The van der Waals surface area contributed by atoms with E-state index in [0.29, 0.717) is 0 Å². The largest absolute Gasteiger partial charge is 0.497 e. The number of benzene rings is 3. The molecule has 0 aliphatic heterocycles. The fourth-order valence-corrected chi connectivity index (χ4v) is 4.18. The Labute approximate surface area is 188 Å². The first kappa shape index (κ1) is 20.5. The van der Waals surface area contributed by atoms with Crippen molar-refractivity contribution < 1.29 is 9.47 Å². The molecule has 0 radical (unpaired) electrons. The Morgan fingerprint density at radius 3 is 2.30 bits per heavy atom. The average Bonchev–Trinajstić information content (AvgIpc) is 3.23. The number of hydrogen-bond donors (Lipinski definition) is 0. The molecule has 4 aromatic rings. The van der Waals surface area contributed by atoms with Gasteiger partial charge in [0.15, 0.2) is 11.0 Å². The zero-order chi connectivity index (χ0) is 20.9. The highest BCUT2D eigenvalue weighted by molar-refractivity contribution is 9.10. The van der Waals surface area contributed by atoms with Crippen molar-refractivity contribution in [3.8, 4) is 28.6 Å². The van der Waals surface area contributed by atoms with Crippen molar-refractivity contribution in [2.75, 3.05) is 14.2 Å². The van der Waals surface area contributed by atoms with Crippen molar-refractivity contribution in [1.29, 1.82) is 0 Å². The van der Waals surface area contributed by atoms with Crippen LogP contribution >= 0.6 is 27.7 Å². The molecule has 0 saturated carbocycles. The molecule has 0 spiro atoms. The molecule has 0 aliphatic carbocycles. The molecule has 0 bridgehead atoms. The fraction of sp³-hybridized carbons (Fsp3) is 0.130. The van der Waals surface area contributed by atoms with Crippen LogP contribution in [0.2, 0.25) is 0 Å². The minimum atomic E-state index is 0.761. The van der Waals surface area contributed by atoms with E-state index in [1.165, 1.54) is 5.56 Å². The SMILES string of the molecule is COc1ccc(-n2c(SCc3ccc(Br)cc3)nnc2-c2cccc(OC)c2)cc1. The lowest BCUT2D eigenvalue weighted by atomic mass is 10.2. The summed E-state index contributed by atoms with van der Waals surface area (Å²) in [6.45, 7) is 0. The first-order valence-corrected chi connectivity index (χ1v) is 11.1. The fourth-order valence-electron chi connectivity index (χ4n) is 3.01. The summed E-state index contributed by atoms with van der Waals surface area (Å²) in [4.78, 5) is 0. The Kier molecular flexibility index (Phi) is 6.40. The summed E-state index contributed by atoms with van der Waals surface area (Å²) in [5.41, 5.74) is 3.13. The van der Waals surface area contributed by atoms with Gasteiger partial charge in [-0.05, 0) is 54.1 Å². The molecule has 5 nitrogen and oxygen atoms in total. The molecule has 0 unspecified atom stereocenters. The highest BCUT2D eigenvalue weighted by Gasteiger charge is 2.17. The summed E-state index contributed by atoms with van der Waals surface area (Å²) in [6.07, 6.45) is 0. The van der Waals surface area contributed by atoms with Gasteiger partial charge in [0.05, 0.1) is 14.2 Å². The van der Waals surface area contributed by atoms with Crippen molar-refractivity contribution in [2.45, 2.75) is 10.9 Å². The average molecular weight is 482 g/mol. The summed E-state index contributed by atoms with van der Waals surface area (Å²) in [5.74, 6) is 3.14. The maximum atomic E-state index is 5.39. The van der Waals surface area contributed by atoms with Crippen molar-refractivity contribution in [3.63, 3.8) is 0 Å². The number of hydrogen-bond acceptors (Lipinski definition) is 5. The van der Waals surface area contributed by atoms with E-state index in [1.807, 2.05) is 60.7 Å². The van der Waals surface area contributed by atoms with Crippen molar-refractivity contribution in [3.05, 3.63) is 82.8 Å². The monoisotopic (exact) mass is 481 g/mol. The van der Waals surface area contributed by atoms with Crippen LogP contribution < -0.4 is 9.47 Å². The van der Waals surface area contributed by atoms with Gasteiger partial charge in [0.2, 0.25) is 0 Å². The molecular weight excluding hydrogens is 462 g/mol. The van der Waals surface area contributed by atoms with E-state index in [-0.39, 0.29) is 0 Å². The van der Waals surface area contributed by atoms with E-state index < -0.39 is 0 Å². The predicted molar refractivity (Wildman–Crippen MR) is 124 cm³/mol. The van der Waals surface area contributed by atoms with Gasteiger partial charge >= 0.3 is 0 Å². The molecule has 4 rings (SSSR count). The third kappa shape index (κ3) is 4.52. The summed E-state index contributed by atoms with van der Waals surface area (Å²) < 4.78 is 13.8. The number of nitrogens with zero attached hydrogens (tertiary/aromatic N) is 3. The van der Waals surface area contributed by atoms with Crippen molar-refractivity contribution in [1.82, 2.24) is 14.8 Å². The van der Waals surface area contributed by atoms with Gasteiger partial charge < -0.3 is 9.47 Å². The van der Waals surface area contributed by atoms with Crippen molar-refractivity contribution >= 4 is 27.7 Å². The highest BCUT2D eigenvalue weighted by Crippen LogP contribution is 2.31. The molecule has 0 amide bonds. The molecule has 30 heavy (non-hydrogen) atoms. The normalized spacial score (nSPS) is 10.8. The standard InChI is InChI=1S/C23H20BrN3O2S/c1-28-20-12-10-19(11-13-20)27-22(17-4-3-5-21(14-17)29-2)25-26-23(27)30-15-16-6-8-18(24)9-7-16/h3-14H,15H2,1-2H3. The lowest BCUT2D eigenvalue weighted by Crippen LogP contribution is -2.00. The summed E-state index contributed by atoms with van der Waals surface area (Å²) in [7, 11) is 3.32. The maximum Gasteiger partial charge on any atom is 0.196 e. The van der Waals surface area contributed by atoms with E-state index in [1.54, 1.807) is 26.0 Å². The van der Waals surface area contributed by atoms with Crippen LogP contribution in [0.15, 0.2) is 82.4 Å². The van der Waals surface area contributed by atoms with Gasteiger partial charge in [0.25, 0.3) is 0 Å². The summed E-state index contributed by atoms with van der Waals surface area (Å²) in [6, 6.07) is 24.0. The lowest BCUT2D eigenvalue weighted by molar-refractivity contribution is 0.414. The highest BCUT2D eigenvalue weighted by atomic mass is 79.9. The van der Waals surface area contributed by atoms with Gasteiger partial charge in [0.1, 0.15) is 11.5 Å². The van der Waals surface area contributed by atoms with E-state index in [4.69, 9.17) is 9.47 Å². The van der Waals surface area contributed by atoms with Gasteiger partial charge in [-0.15, -0.1) is 10.2 Å². The molecule has 0 atom stereocenters. The van der Waals surface area contributed by atoms with Crippen LogP contribution in [-0.2, 0) is 5.75 Å². The van der Waals surface area contributed by atoms with Crippen LogP contribution in [0.3, 0.4) is 0 Å². The molecule has 0 fully saturated rings. The quantitative estimate of drug-likeness (QED) is 0.302. The first-order chi connectivity index (χ1) is 14.7. The topological polar surface area (TPSA) is 49.2 Å². The molecular formula is C23H20BrN3O2S. The molecule has 0 saturated heterocycles. The zero-order valence-corrected chi connectivity index (χ0v) is 19.0. The van der Waals surface area contributed by atoms with E-state index in [9.17, 15) is 0 Å². The Balaban J connectivity index is 1.73. The van der Waals surface area contributed by atoms with Gasteiger partial charge in [-0.2, -0.15) is 0 Å². The van der Waals surface area contributed by atoms with Gasteiger partial charge in [-0.1, -0.05) is 52.0 Å². The van der Waals surface area contributed by atoms with Gasteiger partial charge in [-0.3, -0.25) is 4.57 Å². The Morgan fingerprint density at radius 2 is 1.60 bits per heavy atom. The van der Waals surface area contributed by atoms with E-state index in [2.05, 4.69) is 42.8 Å². The number of thioether (sulfide) groups is 1. The van der Waals surface area contributed by atoms with Crippen LogP contribution in [0.4, 0.5) is 0 Å². The molecule has 1 heterocycles. The Bertz CT molecular complexity index is 1130. The zero-order valence-electron chi connectivity index (χ0n) is 16.6. The van der Waals surface area contributed by atoms with Crippen molar-refractivity contribution in [2.24, 2.45) is 0 Å². The minimum absolute atomic E-state index is 0.761. The third-order valence-corrected chi connectivity index (χ3v) is 6.10. The second-order valence-electron chi connectivity index (χ2n) is 6.49. The number of ether oxygens (including phenoxy) is 2. The number of rotatable bonds is 7. The minimum Gasteiger partial charge on any atom is -0.497 e. The molecule has 152 valence electrons. The molecule has 0 N–H and O–H groups in total. The maximum absolute atomic E-state index is 5.39. The second kappa shape index (κ2) is 9.36. The number of aromatic nitrogens is 3. The van der Waals surface area contributed by atoms with Crippen LogP contribution in [0.25, 0.3) is 17.1 Å². The number of halogens is 1. The summed E-state index contributed by atoms with van der Waals surface area (Å²) in [5, 5.41) is 9.82. The second-order valence-corrected chi connectivity index (χ2v) is 8.34. The van der Waals surface area contributed by atoms with Gasteiger partial charge in [0, 0.05) is 21.5 Å². The van der Waals surface area contributed by atoms with E-state index in [0.717, 1.165) is 44.0 Å². The van der Waals surface area contributed by atoms with Crippen LogP contribution in [0, 0.1) is 0 Å². The lowest BCUT2D eigenvalue weighted by Gasteiger charge is -2.12. The predicted octanol–water partition coefficient (Wildman–Crippen LogP) is 6.01. The van der Waals surface area contributed by atoms with Crippen LogP contribution in [0.1, 0.15) is 5.56 Å². The van der Waals surface area contributed by atoms with Gasteiger partial charge in [-0.25, -0.2) is 0 Å². The Hall–Kier alpha value is -2.77.